The number of methoxy groups -OCH3 is 2. The van der Waals surface area contributed by atoms with E-state index in [4.69, 9.17) is 14.2 Å². The summed E-state index contributed by atoms with van der Waals surface area (Å²) in [6.45, 7) is 3.25. The van der Waals surface area contributed by atoms with E-state index >= 15 is 0 Å². The number of benzene rings is 1. The van der Waals surface area contributed by atoms with E-state index in [2.05, 4.69) is 16.4 Å². The highest BCUT2D eigenvalue weighted by molar-refractivity contribution is 14.0. The summed E-state index contributed by atoms with van der Waals surface area (Å²) in [5, 5.41) is 3.27. The van der Waals surface area contributed by atoms with Gasteiger partial charge in [-0.05, 0) is 6.07 Å². The van der Waals surface area contributed by atoms with Gasteiger partial charge in [0, 0.05) is 39.9 Å². The molecule has 0 atom stereocenters. The molecule has 0 saturated heterocycles. The van der Waals surface area contributed by atoms with Crippen molar-refractivity contribution in [2.24, 2.45) is 4.99 Å². The number of hydrogen-bond acceptors (Lipinski definition) is 4. The van der Waals surface area contributed by atoms with Crippen LogP contribution in [0.5, 0.6) is 5.75 Å². The van der Waals surface area contributed by atoms with Gasteiger partial charge in [-0.2, -0.15) is 0 Å². The number of ether oxygens (including phenoxy) is 3. The lowest BCUT2D eigenvalue weighted by molar-refractivity contribution is 0.0731. The molecular weight excluding hydrogens is 409 g/mol. The van der Waals surface area contributed by atoms with Gasteiger partial charge in [0.2, 0.25) is 0 Å². The van der Waals surface area contributed by atoms with Crippen molar-refractivity contribution >= 4 is 29.9 Å². The Bertz CT molecular complexity index is 458. The topological polar surface area (TPSA) is 55.3 Å². The minimum absolute atomic E-state index is 0. The molecule has 132 valence electrons. The van der Waals surface area contributed by atoms with Gasteiger partial charge in [0.15, 0.2) is 5.96 Å². The van der Waals surface area contributed by atoms with Crippen LogP contribution >= 0.6 is 24.0 Å². The number of guanidine groups is 1. The number of aliphatic imine (C=N–C) groups is 1. The van der Waals surface area contributed by atoms with Crippen molar-refractivity contribution in [3.8, 4) is 5.75 Å². The molecule has 0 fully saturated rings. The Morgan fingerprint density at radius 1 is 1.17 bits per heavy atom. The molecule has 1 N–H and O–H groups in total. The lowest BCUT2D eigenvalue weighted by Gasteiger charge is -2.23. The molecule has 0 spiro atoms. The third-order valence-corrected chi connectivity index (χ3v) is 3.13. The maximum absolute atomic E-state index is 5.42. The fourth-order valence-corrected chi connectivity index (χ4v) is 2.03. The van der Waals surface area contributed by atoms with Crippen LogP contribution in [0.2, 0.25) is 0 Å². The lowest BCUT2D eigenvalue weighted by atomic mass is 10.2. The molecule has 1 rings (SSSR count). The molecule has 1 aromatic rings. The van der Waals surface area contributed by atoms with Crippen molar-refractivity contribution < 1.29 is 14.2 Å². The van der Waals surface area contributed by atoms with Crippen LogP contribution in [-0.2, 0) is 16.0 Å². The molecule has 23 heavy (non-hydrogen) atoms. The number of para-hydroxylation sites is 1. The third kappa shape index (κ3) is 8.38. The molecule has 0 aromatic heterocycles. The van der Waals surface area contributed by atoms with Crippen LogP contribution in [0, 0.1) is 0 Å². The maximum atomic E-state index is 5.42. The van der Waals surface area contributed by atoms with E-state index < -0.39 is 0 Å². The van der Waals surface area contributed by atoms with Crippen LogP contribution in [-0.4, -0.2) is 65.5 Å². The van der Waals surface area contributed by atoms with E-state index in [1.807, 2.05) is 30.1 Å². The van der Waals surface area contributed by atoms with Gasteiger partial charge < -0.3 is 24.4 Å². The molecule has 0 aliphatic heterocycles. The van der Waals surface area contributed by atoms with Crippen LogP contribution < -0.4 is 10.1 Å². The molecule has 0 heterocycles. The first-order valence-electron chi connectivity index (χ1n) is 7.33. The monoisotopic (exact) mass is 437 g/mol. The Morgan fingerprint density at radius 3 is 2.57 bits per heavy atom. The van der Waals surface area contributed by atoms with Gasteiger partial charge in [0.05, 0.1) is 26.9 Å². The second kappa shape index (κ2) is 13.4. The second-order valence-corrected chi connectivity index (χ2v) is 4.75. The molecule has 0 aliphatic carbocycles. The summed E-state index contributed by atoms with van der Waals surface area (Å²) in [7, 11) is 7.11. The van der Waals surface area contributed by atoms with E-state index in [1.165, 1.54) is 0 Å². The predicted octanol–water partition coefficient (Wildman–Crippen LogP) is 1.98. The summed E-state index contributed by atoms with van der Waals surface area (Å²) in [5.74, 6) is 1.70. The van der Waals surface area contributed by atoms with Crippen molar-refractivity contribution in [2.45, 2.75) is 6.54 Å². The fourth-order valence-electron chi connectivity index (χ4n) is 2.03. The van der Waals surface area contributed by atoms with E-state index in [9.17, 15) is 0 Å². The summed E-state index contributed by atoms with van der Waals surface area (Å²) >= 11 is 0. The number of hydrogen-bond donors (Lipinski definition) is 1. The summed E-state index contributed by atoms with van der Waals surface area (Å²) in [6.07, 6.45) is 0. The van der Waals surface area contributed by atoms with Gasteiger partial charge in [-0.1, -0.05) is 18.2 Å². The molecule has 0 saturated carbocycles. The average Bonchev–Trinajstić information content (AvgIpc) is 2.54. The van der Waals surface area contributed by atoms with Crippen LogP contribution in [0.3, 0.4) is 0 Å². The number of rotatable bonds is 9. The van der Waals surface area contributed by atoms with Crippen LogP contribution in [0.15, 0.2) is 29.3 Å². The van der Waals surface area contributed by atoms with Gasteiger partial charge in [0.1, 0.15) is 5.75 Å². The predicted molar refractivity (Wildman–Crippen MR) is 104 cm³/mol. The summed E-state index contributed by atoms with van der Waals surface area (Å²) < 4.78 is 15.7. The molecule has 0 aliphatic rings. The quantitative estimate of drug-likeness (QED) is 0.277. The highest BCUT2D eigenvalue weighted by Crippen LogP contribution is 2.18. The van der Waals surface area contributed by atoms with E-state index in [0.29, 0.717) is 32.9 Å². The zero-order valence-electron chi connectivity index (χ0n) is 14.4. The van der Waals surface area contributed by atoms with Gasteiger partial charge in [-0.25, -0.2) is 0 Å². The number of nitrogens with zero attached hydrogens (tertiary/aromatic N) is 2. The van der Waals surface area contributed by atoms with Gasteiger partial charge in [-0.3, -0.25) is 4.99 Å². The highest BCUT2D eigenvalue weighted by Gasteiger charge is 2.09. The highest BCUT2D eigenvalue weighted by atomic mass is 127. The van der Waals surface area contributed by atoms with Crippen molar-refractivity contribution in [2.75, 3.05) is 54.7 Å². The Labute approximate surface area is 156 Å². The van der Waals surface area contributed by atoms with Crippen molar-refractivity contribution in [3.05, 3.63) is 29.8 Å². The SMILES string of the molecule is CN=C(NCCOCCOC)N(C)Cc1ccccc1OC.I. The smallest absolute Gasteiger partial charge is 0.193 e. The second-order valence-electron chi connectivity index (χ2n) is 4.75. The molecule has 0 radical (unpaired) electrons. The first kappa shape index (κ1) is 21.9. The number of halogens is 1. The van der Waals surface area contributed by atoms with Crippen LogP contribution in [0.4, 0.5) is 0 Å². The normalized spacial score (nSPS) is 10.9. The molecule has 0 bridgehead atoms. The molecule has 0 amide bonds. The minimum atomic E-state index is 0. The summed E-state index contributed by atoms with van der Waals surface area (Å²) in [4.78, 5) is 6.33. The first-order chi connectivity index (χ1) is 10.7. The summed E-state index contributed by atoms with van der Waals surface area (Å²) in [6, 6.07) is 7.98. The molecule has 7 heteroatoms. The maximum Gasteiger partial charge on any atom is 0.193 e. The molecule has 1 aromatic carbocycles. The average molecular weight is 437 g/mol. The number of nitrogens with one attached hydrogen (secondary N) is 1. The van der Waals surface area contributed by atoms with Crippen molar-refractivity contribution in [3.63, 3.8) is 0 Å². The standard InChI is InChI=1S/C16H27N3O3.HI/c1-17-16(18-9-10-22-12-11-20-3)19(2)13-14-7-5-6-8-15(14)21-4;/h5-8H,9-13H2,1-4H3,(H,17,18);1H. The Morgan fingerprint density at radius 2 is 1.91 bits per heavy atom. The van der Waals surface area contributed by atoms with Gasteiger partial charge in [0.25, 0.3) is 0 Å². The lowest BCUT2D eigenvalue weighted by Crippen LogP contribution is -2.40. The van der Waals surface area contributed by atoms with Crippen LogP contribution in [0.25, 0.3) is 0 Å². The van der Waals surface area contributed by atoms with Gasteiger partial charge in [-0.15, -0.1) is 24.0 Å². The molecular formula is C16H28IN3O3. The zero-order chi connectivity index (χ0) is 16.2. The van der Waals surface area contributed by atoms with Gasteiger partial charge >= 0.3 is 0 Å². The third-order valence-electron chi connectivity index (χ3n) is 3.13. The Hall–Kier alpha value is -1.06. The van der Waals surface area contributed by atoms with Crippen LogP contribution in [0.1, 0.15) is 5.56 Å². The fraction of sp³-hybridized carbons (Fsp3) is 0.562. The Kier molecular flexibility index (Phi) is 12.8. The molecule has 0 unspecified atom stereocenters. The molecule has 6 nitrogen and oxygen atoms in total. The zero-order valence-corrected chi connectivity index (χ0v) is 16.7. The minimum Gasteiger partial charge on any atom is -0.496 e. The van der Waals surface area contributed by atoms with Crippen molar-refractivity contribution in [1.29, 1.82) is 0 Å². The van der Waals surface area contributed by atoms with Crippen molar-refractivity contribution in [1.82, 2.24) is 10.2 Å². The van der Waals surface area contributed by atoms with E-state index in [0.717, 1.165) is 17.3 Å². The Balaban J connectivity index is 0.00000484. The first-order valence-corrected chi connectivity index (χ1v) is 7.33. The summed E-state index contributed by atoms with van der Waals surface area (Å²) in [5.41, 5.74) is 1.12. The van der Waals surface area contributed by atoms with E-state index in [1.54, 1.807) is 21.3 Å². The van der Waals surface area contributed by atoms with E-state index in [-0.39, 0.29) is 24.0 Å². The largest absolute Gasteiger partial charge is 0.496 e.